The Bertz CT molecular complexity index is 583. The largest absolute Gasteiger partial charge is 0.491 e. The zero-order valence-corrected chi connectivity index (χ0v) is 11.8. The van der Waals surface area contributed by atoms with E-state index in [1.807, 2.05) is 18.2 Å². The van der Waals surface area contributed by atoms with E-state index in [4.69, 9.17) is 4.74 Å². The summed E-state index contributed by atoms with van der Waals surface area (Å²) in [4.78, 5) is 2.38. The predicted molar refractivity (Wildman–Crippen MR) is 83.8 cm³/mol. The van der Waals surface area contributed by atoms with Crippen LogP contribution in [0.15, 0.2) is 48.5 Å². The Morgan fingerprint density at radius 2 is 1.90 bits per heavy atom. The summed E-state index contributed by atoms with van der Waals surface area (Å²) >= 11 is 0. The second-order valence-corrected chi connectivity index (χ2v) is 5.04. The van der Waals surface area contributed by atoms with Crippen LogP contribution in [0, 0.1) is 6.92 Å². The Kier molecular flexibility index (Phi) is 3.77. The summed E-state index contributed by atoms with van der Waals surface area (Å²) in [6.45, 7) is 5.71. The molecule has 0 amide bonds. The molecule has 20 heavy (non-hydrogen) atoms. The van der Waals surface area contributed by atoms with Crippen molar-refractivity contribution in [3.05, 3.63) is 54.1 Å². The molecule has 0 radical (unpaired) electrons. The van der Waals surface area contributed by atoms with Gasteiger partial charge in [-0.25, -0.2) is 0 Å². The molecule has 0 atom stereocenters. The van der Waals surface area contributed by atoms with Crippen molar-refractivity contribution in [1.29, 1.82) is 0 Å². The van der Waals surface area contributed by atoms with Crippen LogP contribution in [-0.2, 0) is 0 Å². The molecule has 0 aromatic heterocycles. The van der Waals surface area contributed by atoms with Crippen LogP contribution < -0.4 is 15.0 Å². The molecule has 2 aromatic rings. The molecule has 0 saturated heterocycles. The van der Waals surface area contributed by atoms with E-state index < -0.39 is 0 Å². The molecule has 1 aliphatic rings. The minimum Gasteiger partial charge on any atom is -0.491 e. The predicted octanol–water partition coefficient (Wildman–Crippen LogP) is 3.31. The number of hydrogen-bond donors (Lipinski definition) is 1. The molecule has 1 N–H and O–H groups in total. The van der Waals surface area contributed by atoms with Crippen molar-refractivity contribution in [2.45, 2.75) is 6.92 Å². The summed E-state index contributed by atoms with van der Waals surface area (Å²) in [5, 5.41) is 3.43. The van der Waals surface area contributed by atoms with Gasteiger partial charge in [-0.15, -0.1) is 0 Å². The van der Waals surface area contributed by atoms with E-state index in [1.54, 1.807) is 0 Å². The smallest absolute Gasteiger partial charge is 0.122 e. The molecule has 3 rings (SSSR count). The van der Waals surface area contributed by atoms with Gasteiger partial charge >= 0.3 is 0 Å². The fraction of sp³-hybridized carbons (Fsp3) is 0.294. The first-order valence-electron chi connectivity index (χ1n) is 7.11. The van der Waals surface area contributed by atoms with Crippen LogP contribution in [-0.4, -0.2) is 26.2 Å². The van der Waals surface area contributed by atoms with Gasteiger partial charge in [-0.2, -0.15) is 0 Å². The topological polar surface area (TPSA) is 24.5 Å². The van der Waals surface area contributed by atoms with Crippen LogP contribution in [0.5, 0.6) is 5.75 Å². The molecule has 0 spiro atoms. The molecule has 3 nitrogen and oxygen atoms in total. The summed E-state index contributed by atoms with van der Waals surface area (Å²) in [7, 11) is 0. The Morgan fingerprint density at radius 3 is 2.80 bits per heavy atom. The molecule has 0 unspecified atom stereocenters. The standard InChI is InChI=1S/C17H20N2O/c1-14-6-2-5-9-17(14)20-13-12-19-11-10-18-15-7-3-4-8-16(15)19/h2-9,18H,10-13H2,1H3. The van der Waals surface area contributed by atoms with Crippen LogP contribution in [0.2, 0.25) is 0 Å². The maximum absolute atomic E-state index is 5.89. The Balaban J connectivity index is 1.61. The zero-order chi connectivity index (χ0) is 13.8. The molecular weight excluding hydrogens is 248 g/mol. The summed E-state index contributed by atoms with van der Waals surface area (Å²) in [5.74, 6) is 0.982. The lowest BCUT2D eigenvalue weighted by molar-refractivity contribution is 0.321. The molecule has 0 saturated carbocycles. The fourth-order valence-electron chi connectivity index (χ4n) is 2.56. The van der Waals surface area contributed by atoms with Crippen LogP contribution in [0.1, 0.15) is 5.56 Å². The molecular formula is C17H20N2O. The maximum Gasteiger partial charge on any atom is 0.122 e. The van der Waals surface area contributed by atoms with Crippen molar-refractivity contribution in [2.75, 3.05) is 36.5 Å². The van der Waals surface area contributed by atoms with E-state index in [1.165, 1.54) is 16.9 Å². The number of benzene rings is 2. The van der Waals surface area contributed by atoms with Gasteiger partial charge in [-0.05, 0) is 30.7 Å². The van der Waals surface area contributed by atoms with Gasteiger partial charge in [0.1, 0.15) is 12.4 Å². The van der Waals surface area contributed by atoms with E-state index in [0.29, 0.717) is 6.61 Å². The second-order valence-electron chi connectivity index (χ2n) is 5.04. The minimum atomic E-state index is 0.708. The Morgan fingerprint density at radius 1 is 1.10 bits per heavy atom. The number of nitrogens with zero attached hydrogens (tertiary/aromatic N) is 1. The first kappa shape index (κ1) is 12.9. The van der Waals surface area contributed by atoms with Crippen LogP contribution in [0.3, 0.4) is 0 Å². The Hall–Kier alpha value is -2.16. The van der Waals surface area contributed by atoms with E-state index in [-0.39, 0.29) is 0 Å². The van der Waals surface area contributed by atoms with E-state index in [9.17, 15) is 0 Å². The molecule has 0 fully saturated rings. The van der Waals surface area contributed by atoms with E-state index in [0.717, 1.165) is 25.4 Å². The lowest BCUT2D eigenvalue weighted by Crippen LogP contribution is -2.36. The summed E-state index contributed by atoms with van der Waals surface area (Å²) < 4.78 is 5.89. The first-order chi connectivity index (χ1) is 9.84. The van der Waals surface area contributed by atoms with Gasteiger partial charge in [0.25, 0.3) is 0 Å². The number of aryl methyl sites for hydroxylation is 1. The maximum atomic E-state index is 5.89. The van der Waals surface area contributed by atoms with E-state index >= 15 is 0 Å². The van der Waals surface area contributed by atoms with Crippen molar-refractivity contribution in [2.24, 2.45) is 0 Å². The van der Waals surface area contributed by atoms with Gasteiger partial charge in [-0.3, -0.25) is 0 Å². The first-order valence-corrected chi connectivity index (χ1v) is 7.11. The Labute approximate surface area is 120 Å². The van der Waals surface area contributed by atoms with Crippen molar-refractivity contribution in [3.63, 3.8) is 0 Å². The minimum absolute atomic E-state index is 0.708. The molecule has 1 heterocycles. The van der Waals surface area contributed by atoms with Crippen LogP contribution >= 0.6 is 0 Å². The average molecular weight is 268 g/mol. The number of fused-ring (bicyclic) bond motifs is 1. The van der Waals surface area contributed by atoms with Crippen LogP contribution in [0.4, 0.5) is 11.4 Å². The third-order valence-corrected chi connectivity index (χ3v) is 3.65. The van der Waals surface area contributed by atoms with Crippen molar-refractivity contribution >= 4 is 11.4 Å². The number of para-hydroxylation sites is 3. The zero-order valence-electron chi connectivity index (χ0n) is 11.8. The van der Waals surface area contributed by atoms with Gasteiger partial charge in [0.05, 0.1) is 17.9 Å². The van der Waals surface area contributed by atoms with Gasteiger partial charge in [-0.1, -0.05) is 30.3 Å². The molecule has 104 valence electrons. The van der Waals surface area contributed by atoms with Crippen LogP contribution in [0.25, 0.3) is 0 Å². The number of ether oxygens (including phenoxy) is 1. The number of rotatable bonds is 4. The number of nitrogens with one attached hydrogen (secondary N) is 1. The van der Waals surface area contributed by atoms with Crippen molar-refractivity contribution in [1.82, 2.24) is 0 Å². The summed E-state index contributed by atoms with van der Waals surface area (Å²) in [6.07, 6.45) is 0. The number of hydrogen-bond acceptors (Lipinski definition) is 3. The fourth-order valence-corrected chi connectivity index (χ4v) is 2.56. The highest BCUT2D eigenvalue weighted by molar-refractivity contribution is 5.71. The lowest BCUT2D eigenvalue weighted by Gasteiger charge is -2.31. The monoisotopic (exact) mass is 268 g/mol. The van der Waals surface area contributed by atoms with E-state index in [2.05, 4.69) is 47.5 Å². The van der Waals surface area contributed by atoms with Gasteiger partial charge in [0.2, 0.25) is 0 Å². The van der Waals surface area contributed by atoms with Crippen molar-refractivity contribution in [3.8, 4) is 5.75 Å². The van der Waals surface area contributed by atoms with Gasteiger partial charge in [0.15, 0.2) is 0 Å². The second kappa shape index (κ2) is 5.87. The molecule has 1 aliphatic heterocycles. The van der Waals surface area contributed by atoms with Gasteiger partial charge in [0, 0.05) is 13.1 Å². The third kappa shape index (κ3) is 2.72. The molecule has 2 aromatic carbocycles. The third-order valence-electron chi connectivity index (χ3n) is 3.65. The molecule has 0 aliphatic carbocycles. The SMILES string of the molecule is Cc1ccccc1OCCN1CCNc2ccccc21. The normalized spacial score (nSPS) is 13.6. The van der Waals surface area contributed by atoms with Gasteiger partial charge < -0.3 is 15.0 Å². The highest BCUT2D eigenvalue weighted by Gasteiger charge is 2.15. The lowest BCUT2D eigenvalue weighted by atomic mass is 10.2. The molecule has 0 bridgehead atoms. The quantitative estimate of drug-likeness (QED) is 0.920. The average Bonchev–Trinajstić information content (AvgIpc) is 2.49. The highest BCUT2D eigenvalue weighted by atomic mass is 16.5. The summed E-state index contributed by atoms with van der Waals surface area (Å²) in [6, 6.07) is 16.6. The number of anilines is 2. The van der Waals surface area contributed by atoms with Crippen molar-refractivity contribution < 1.29 is 4.74 Å². The highest BCUT2D eigenvalue weighted by Crippen LogP contribution is 2.28. The molecule has 3 heteroatoms. The summed E-state index contributed by atoms with van der Waals surface area (Å²) in [5.41, 5.74) is 3.68.